The van der Waals surface area contributed by atoms with Gasteiger partial charge in [-0.05, 0) is 68.7 Å². The summed E-state index contributed by atoms with van der Waals surface area (Å²) < 4.78 is 20.5. The number of nitrogens with two attached hydrogens (primary N) is 1. The van der Waals surface area contributed by atoms with Gasteiger partial charge in [0.25, 0.3) is 11.9 Å². The number of rotatable bonds is 3. The molecule has 2 aliphatic rings. The maximum atomic E-state index is 14.7. The van der Waals surface area contributed by atoms with Gasteiger partial charge in [0, 0.05) is 28.3 Å². The van der Waals surface area contributed by atoms with Gasteiger partial charge in [-0.25, -0.2) is 9.38 Å². The molecule has 1 aliphatic carbocycles. The number of halogens is 2. The highest BCUT2D eigenvalue weighted by molar-refractivity contribution is 6.30. The van der Waals surface area contributed by atoms with Crippen LogP contribution in [0.3, 0.4) is 0 Å². The molecule has 1 saturated carbocycles. The van der Waals surface area contributed by atoms with E-state index in [-0.39, 0.29) is 23.3 Å². The maximum Gasteiger partial charge on any atom is 0.283 e. The molecular weight excluding hydrogens is 381 g/mol. The Morgan fingerprint density at radius 1 is 1.25 bits per heavy atom. The van der Waals surface area contributed by atoms with E-state index in [0.717, 1.165) is 19.3 Å². The summed E-state index contributed by atoms with van der Waals surface area (Å²) in [5.41, 5.74) is 6.03. The molecule has 2 aromatic carbocycles. The van der Waals surface area contributed by atoms with Gasteiger partial charge in [-0.15, -0.1) is 0 Å². The molecule has 1 fully saturated rings. The molecule has 146 valence electrons. The second-order valence-electron chi connectivity index (χ2n) is 7.69. The van der Waals surface area contributed by atoms with Crippen molar-refractivity contribution in [1.82, 2.24) is 0 Å². The van der Waals surface area contributed by atoms with Crippen molar-refractivity contribution in [1.29, 1.82) is 0 Å². The Labute approximate surface area is 167 Å². The lowest BCUT2D eigenvalue weighted by Gasteiger charge is -2.48. The van der Waals surface area contributed by atoms with Gasteiger partial charge in [-0.2, -0.15) is 0 Å². The van der Waals surface area contributed by atoms with Crippen molar-refractivity contribution in [3.63, 3.8) is 0 Å². The number of benzene rings is 2. The van der Waals surface area contributed by atoms with Crippen LogP contribution in [0.5, 0.6) is 0 Å². The zero-order chi connectivity index (χ0) is 19.9. The number of hydrogen-bond donors (Lipinski definition) is 2. The lowest BCUT2D eigenvalue weighted by Crippen LogP contribution is -2.52. The van der Waals surface area contributed by atoms with Gasteiger partial charge in [0.2, 0.25) is 0 Å². The van der Waals surface area contributed by atoms with Crippen LogP contribution in [0, 0.1) is 5.82 Å². The summed E-state index contributed by atoms with van der Waals surface area (Å²) in [6.07, 6.45) is 3.37. The van der Waals surface area contributed by atoms with E-state index >= 15 is 0 Å². The summed E-state index contributed by atoms with van der Waals surface area (Å²) in [5, 5.41) is 3.35. The van der Waals surface area contributed by atoms with Gasteiger partial charge < -0.3 is 15.8 Å². The first kappa shape index (κ1) is 18.7. The van der Waals surface area contributed by atoms with Crippen LogP contribution in [0.25, 0.3) is 0 Å². The third-order valence-electron chi connectivity index (χ3n) is 5.52. The van der Waals surface area contributed by atoms with Crippen LogP contribution in [0.2, 0.25) is 5.02 Å². The molecule has 0 aromatic heterocycles. The Morgan fingerprint density at radius 3 is 2.61 bits per heavy atom. The lowest BCUT2D eigenvalue weighted by atomic mass is 9.69. The van der Waals surface area contributed by atoms with Crippen molar-refractivity contribution >= 4 is 29.2 Å². The highest BCUT2D eigenvalue weighted by Crippen LogP contribution is 2.49. The number of hydrogen-bond acceptors (Lipinski definition) is 4. The van der Waals surface area contributed by atoms with Crippen LogP contribution < -0.4 is 11.1 Å². The van der Waals surface area contributed by atoms with Gasteiger partial charge in [0.05, 0.1) is 5.54 Å². The molecule has 1 aliphatic heterocycles. The van der Waals surface area contributed by atoms with E-state index in [1.807, 2.05) is 6.92 Å². The molecule has 1 atom stereocenters. The monoisotopic (exact) mass is 401 g/mol. The Bertz CT molecular complexity index is 957. The number of nitrogens with zero attached hydrogens (tertiary/aromatic N) is 1. The molecule has 1 heterocycles. The van der Waals surface area contributed by atoms with Crippen molar-refractivity contribution in [3.05, 3.63) is 64.4 Å². The van der Waals surface area contributed by atoms with Crippen LogP contribution in [-0.2, 0) is 10.3 Å². The Morgan fingerprint density at radius 2 is 1.96 bits per heavy atom. The zero-order valence-corrected chi connectivity index (χ0v) is 16.2. The highest BCUT2D eigenvalue weighted by atomic mass is 35.5. The fraction of sp³-hybridized carbons (Fsp3) is 0.333. The predicted molar refractivity (Wildman–Crippen MR) is 107 cm³/mol. The van der Waals surface area contributed by atoms with E-state index in [4.69, 9.17) is 22.1 Å². The number of aliphatic imine (C=N–C) groups is 1. The number of carbonyl (C=O) groups excluding carboxylic acids is 1. The highest BCUT2D eigenvalue weighted by Gasteiger charge is 2.50. The van der Waals surface area contributed by atoms with E-state index in [0.29, 0.717) is 28.3 Å². The number of carbonyl (C=O) groups is 1. The summed E-state index contributed by atoms with van der Waals surface area (Å²) in [6.45, 7) is 1.85. The Kier molecular flexibility index (Phi) is 4.54. The number of ether oxygens (including phenoxy) is 1. The van der Waals surface area contributed by atoms with Gasteiger partial charge >= 0.3 is 0 Å². The fourth-order valence-corrected chi connectivity index (χ4v) is 4.14. The van der Waals surface area contributed by atoms with Crippen molar-refractivity contribution < 1.29 is 13.9 Å². The normalized spacial score (nSPS) is 22.8. The quantitative estimate of drug-likeness (QED) is 0.788. The molecular formula is C21H21ClFN3O2. The fourth-order valence-electron chi connectivity index (χ4n) is 4.02. The van der Waals surface area contributed by atoms with Gasteiger partial charge in [-0.3, -0.25) is 4.79 Å². The Hall–Kier alpha value is -2.60. The van der Waals surface area contributed by atoms with Crippen LogP contribution in [-0.4, -0.2) is 17.5 Å². The molecule has 3 N–H and O–H groups in total. The minimum atomic E-state index is -0.853. The average molecular weight is 402 g/mol. The standard InChI is InChI=1S/C21H21ClFN3O2/c1-20(12-21(9-2-10-21)28-19(24)26-20)16-11-15(7-8-17(16)23)25-18(27)13-3-5-14(22)6-4-13/h3-8,11H,2,9-10,12H2,1H3,(H2,24,26)(H,25,27). The summed E-state index contributed by atoms with van der Waals surface area (Å²) >= 11 is 5.86. The van der Waals surface area contributed by atoms with Crippen molar-refractivity contribution in [2.45, 2.75) is 43.7 Å². The summed E-state index contributed by atoms with van der Waals surface area (Å²) in [4.78, 5) is 16.9. The topological polar surface area (TPSA) is 76.7 Å². The summed E-state index contributed by atoms with van der Waals surface area (Å²) in [7, 11) is 0. The molecule has 1 unspecified atom stereocenters. The van der Waals surface area contributed by atoms with Gasteiger partial charge in [0.1, 0.15) is 11.4 Å². The second kappa shape index (κ2) is 6.78. The molecule has 0 saturated heterocycles. The van der Waals surface area contributed by atoms with Crippen molar-refractivity contribution in [2.75, 3.05) is 5.32 Å². The zero-order valence-electron chi connectivity index (χ0n) is 15.5. The van der Waals surface area contributed by atoms with Gasteiger partial charge in [0.15, 0.2) is 0 Å². The molecule has 5 nitrogen and oxygen atoms in total. The van der Waals surface area contributed by atoms with E-state index in [1.54, 1.807) is 30.3 Å². The molecule has 1 amide bonds. The minimum Gasteiger partial charge on any atom is -0.459 e. The van der Waals surface area contributed by atoms with Crippen LogP contribution in [0.1, 0.15) is 48.5 Å². The molecule has 0 radical (unpaired) electrons. The molecule has 28 heavy (non-hydrogen) atoms. The first-order chi connectivity index (χ1) is 13.3. The van der Waals surface area contributed by atoms with Crippen LogP contribution >= 0.6 is 11.6 Å². The maximum absolute atomic E-state index is 14.7. The molecule has 1 spiro atoms. The number of amidine groups is 1. The minimum absolute atomic E-state index is 0.0865. The number of amides is 1. The Balaban J connectivity index is 1.63. The van der Waals surface area contributed by atoms with E-state index in [1.165, 1.54) is 12.1 Å². The third-order valence-corrected chi connectivity index (χ3v) is 5.77. The van der Waals surface area contributed by atoms with Crippen LogP contribution in [0.4, 0.5) is 10.1 Å². The average Bonchev–Trinajstić information content (AvgIpc) is 2.61. The molecule has 4 rings (SSSR count). The number of nitrogens with one attached hydrogen (secondary N) is 1. The summed E-state index contributed by atoms with van der Waals surface area (Å²) in [5.74, 6) is -0.690. The largest absolute Gasteiger partial charge is 0.459 e. The first-order valence-corrected chi connectivity index (χ1v) is 9.58. The third kappa shape index (κ3) is 3.44. The SMILES string of the molecule is CC1(c2cc(NC(=O)c3ccc(Cl)cc3)ccc2F)CC2(CCC2)OC(N)=N1. The smallest absolute Gasteiger partial charge is 0.283 e. The molecule has 2 aromatic rings. The summed E-state index contributed by atoms with van der Waals surface area (Å²) in [6, 6.07) is 11.1. The predicted octanol–water partition coefficient (Wildman–Crippen LogP) is 4.60. The number of anilines is 1. The lowest BCUT2D eigenvalue weighted by molar-refractivity contribution is -0.0583. The van der Waals surface area contributed by atoms with E-state index < -0.39 is 5.54 Å². The van der Waals surface area contributed by atoms with Crippen molar-refractivity contribution in [2.24, 2.45) is 10.7 Å². The molecule has 0 bridgehead atoms. The van der Waals surface area contributed by atoms with Gasteiger partial charge in [-0.1, -0.05) is 11.6 Å². The second-order valence-corrected chi connectivity index (χ2v) is 8.13. The van der Waals surface area contributed by atoms with E-state index in [9.17, 15) is 9.18 Å². The van der Waals surface area contributed by atoms with Crippen LogP contribution in [0.15, 0.2) is 47.5 Å². The first-order valence-electron chi connectivity index (χ1n) is 9.20. The van der Waals surface area contributed by atoms with E-state index in [2.05, 4.69) is 10.3 Å². The molecule has 7 heteroatoms. The van der Waals surface area contributed by atoms with Crippen molar-refractivity contribution in [3.8, 4) is 0 Å².